The summed E-state index contributed by atoms with van der Waals surface area (Å²) < 4.78 is 27.8. The molecule has 0 unspecified atom stereocenters. The first kappa shape index (κ1) is 21.9. The van der Waals surface area contributed by atoms with Crippen LogP contribution in [0.3, 0.4) is 0 Å². The Kier molecular flexibility index (Phi) is 14.4. The lowest BCUT2D eigenvalue weighted by molar-refractivity contribution is 0.156. The van der Waals surface area contributed by atoms with Crippen LogP contribution in [0.1, 0.15) is 84.5 Å². The fourth-order valence-electron chi connectivity index (χ4n) is 2.41. The molecule has 0 rings (SSSR count). The van der Waals surface area contributed by atoms with Gasteiger partial charge >= 0.3 is 0 Å². The highest BCUT2D eigenvalue weighted by molar-refractivity contribution is 7.86. The zero-order valence-electron chi connectivity index (χ0n) is 15.0. The Balaban J connectivity index is 3.37. The van der Waals surface area contributed by atoms with Gasteiger partial charge in [0, 0.05) is 6.54 Å². The van der Waals surface area contributed by atoms with Gasteiger partial charge in [0.15, 0.2) is 0 Å². The standard InChI is InChI=1S/C17H37NO3S/c1-4-6-7-8-9-10-11-12-13-14-15-18(3)17-21-22(19,20)16-5-2/h4-17H2,1-3H3. The van der Waals surface area contributed by atoms with Crippen molar-refractivity contribution in [1.29, 1.82) is 0 Å². The van der Waals surface area contributed by atoms with E-state index in [1.807, 2.05) is 18.9 Å². The summed E-state index contributed by atoms with van der Waals surface area (Å²) in [7, 11) is -1.41. The van der Waals surface area contributed by atoms with E-state index in [1.165, 1.54) is 57.8 Å². The van der Waals surface area contributed by atoms with Gasteiger partial charge in [0.25, 0.3) is 10.1 Å². The summed E-state index contributed by atoms with van der Waals surface area (Å²) in [5.41, 5.74) is 0. The molecule has 0 aliphatic rings. The number of hydrogen-bond donors (Lipinski definition) is 0. The van der Waals surface area contributed by atoms with Gasteiger partial charge in [0.05, 0.1) is 5.75 Å². The largest absolute Gasteiger partial charge is 0.283 e. The van der Waals surface area contributed by atoms with Crippen LogP contribution in [0.15, 0.2) is 0 Å². The van der Waals surface area contributed by atoms with Crippen molar-refractivity contribution in [3.8, 4) is 0 Å². The maximum absolute atomic E-state index is 11.4. The smallest absolute Gasteiger partial charge is 0.268 e. The summed E-state index contributed by atoms with van der Waals surface area (Å²) >= 11 is 0. The minimum Gasteiger partial charge on any atom is -0.283 e. The molecule has 0 aliphatic carbocycles. The maximum Gasteiger partial charge on any atom is 0.268 e. The quantitative estimate of drug-likeness (QED) is 0.236. The highest BCUT2D eigenvalue weighted by atomic mass is 32.2. The molecule has 4 nitrogen and oxygen atoms in total. The van der Waals surface area contributed by atoms with Gasteiger partial charge in [-0.15, -0.1) is 0 Å². The van der Waals surface area contributed by atoms with Crippen LogP contribution in [-0.2, 0) is 14.3 Å². The lowest BCUT2D eigenvalue weighted by Gasteiger charge is -2.16. The number of hydrogen-bond acceptors (Lipinski definition) is 4. The average molecular weight is 336 g/mol. The molecule has 0 heterocycles. The van der Waals surface area contributed by atoms with Crippen molar-refractivity contribution < 1.29 is 12.6 Å². The summed E-state index contributed by atoms with van der Waals surface area (Å²) in [6.07, 6.45) is 13.8. The highest BCUT2D eigenvalue weighted by Crippen LogP contribution is 2.10. The fourth-order valence-corrected chi connectivity index (χ4v) is 3.37. The Morgan fingerprint density at radius 3 is 1.77 bits per heavy atom. The zero-order chi connectivity index (χ0) is 16.7. The molecule has 0 amide bonds. The number of unbranched alkanes of at least 4 members (excludes halogenated alkanes) is 9. The minimum atomic E-state index is -3.32. The van der Waals surface area contributed by atoms with Crippen molar-refractivity contribution in [2.75, 3.05) is 26.1 Å². The monoisotopic (exact) mass is 335 g/mol. The van der Waals surface area contributed by atoms with E-state index in [0.29, 0.717) is 6.42 Å². The van der Waals surface area contributed by atoms with Gasteiger partial charge in [-0.1, -0.05) is 71.6 Å². The van der Waals surface area contributed by atoms with Crippen LogP contribution in [0.25, 0.3) is 0 Å². The van der Waals surface area contributed by atoms with E-state index in [-0.39, 0.29) is 12.5 Å². The molecule has 22 heavy (non-hydrogen) atoms. The topological polar surface area (TPSA) is 46.6 Å². The van der Waals surface area contributed by atoms with Crippen LogP contribution < -0.4 is 0 Å². The average Bonchev–Trinajstić information content (AvgIpc) is 2.47. The number of nitrogens with zero attached hydrogens (tertiary/aromatic N) is 1. The first-order valence-corrected chi connectivity index (χ1v) is 10.6. The first-order chi connectivity index (χ1) is 10.5. The van der Waals surface area contributed by atoms with E-state index < -0.39 is 10.1 Å². The molecule has 0 saturated heterocycles. The van der Waals surface area contributed by atoms with Gasteiger partial charge in [-0.3, -0.25) is 9.08 Å². The molecule has 0 aromatic rings. The van der Waals surface area contributed by atoms with Crippen molar-refractivity contribution in [3.05, 3.63) is 0 Å². The summed E-state index contributed by atoms with van der Waals surface area (Å²) in [4.78, 5) is 1.94. The Bertz CT molecular complexity index is 331. The van der Waals surface area contributed by atoms with Crippen LogP contribution in [0.2, 0.25) is 0 Å². The molecular weight excluding hydrogens is 298 g/mol. The molecule has 0 aromatic carbocycles. The van der Waals surface area contributed by atoms with Gasteiger partial charge in [0.1, 0.15) is 6.73 Å². The SMILES string of the molecule is CCCCCCCCCCCCN(C)COS(=O)(=O)CCC. The first-order valence-electron chi connectivity index (χ1n) is 9.07. The van der Waals surface area contributed by atoms with E-state index >= 15 is 0 Å². The molecule has 0 bridgehead atoms. The van der Waals surface area contributed by atoms with E-state index in [1.54, 1.807) is 0 Å². The van der Waals surface area contributed by atoms with Crippen molar-refractivity contribution in [1.82, 2.24) is 4.90 Å². The second kappa shape index (κ2) is 14.5. The molecule has 134 valence electrons. The molecule has 0 spiro atoms. The Hall–Kier alpha value is -0.130. The van der Waals surface area contributed by atoms with Crippen molar-refractivity contribution >= 4 is 10.1 Å². The second-order valence-electron chi connectivity index (χ2n) is 6.27. The normalized spacial score (nSPS) is 12.2. The van der Waals surface area contributed by atoms with Crippen LogP contribution >= 0.6 is 0 Å². The third kappa shape index (κ3) is 14.8. The van der Waals surface area contributed by atoms with Crippen LogP contribution in [0.5, 0.6) is 0 Å². The van der Waals surface area contributed by atoms with Gasteiger partial charge in [-0.25, -0.2) is 0 Å². The van der Waals surface area contributed by atoms with Gasteiger partial charge in [-0.2, -0.15) is 8.42 Å². The predicted molar refractivity (Wildman–Crippen MR) is 94.5 cm³/mol. The van der Waals surface area contributed by atoms with Gasteiger partial charge in [-0.05, 0) is 19.9 Å². The summed E-state index contributed by atoms with van der Waals surface area (Å²) in [5.74, 6) is 0.110. The lowest BCUT2D eigenvalue weighted by atomic mass is 10.1. The van der Waals surface area contributed by atoms with Crippen molar-refractivity contribution in [2.24, 2.45) is 0 Å². The molecule has 0 aliphatic heterocycles. The Morgan fingerprint density at radius 1 is 0.773 bits per heavy atom. The molecular formula is C17H37NO3S. The third-order valence-corrected chi connectivity index (χ3v) is 5.17. The molecule has 0 atom stereocenters. The molecule has 0 fully saturated rings. The molecule has 5 heteroatoms. The highest BCUT2D eigenvalue weighted by Gasteiger charge is 2.10. The molecule has 0 radical (unpaired) electrons. The maximum atomic E-state index is 11.4. The lowest BCUT2D eigenvalue weighted by Crippen LogP contribution is -2.26. The molecule has 0 N–H and O–H groups in total. The van der Waals surface area contributed by atoms with E-state index in [9.17, 15) is 8.42 Å². The van der Waals surface area contributed by atoms with Crippen molar-refractivity contribution in [3.63, 3.8) is 0 Å². The zero-order valence-corrected chi connectivity index (χ0v) is 15.8. The van der Waals surface area contributed by atoms with Crippen LogP contribution in [-0.4, -0.2) is 39.4 Å². The second-order valence-corrected chi connectivity index (χ2v) is 8.03. The Labute approximate surface area is 138 Å². The summed E-state index contributed by atoms with van der Waals surface area (Å²) in [6, 6.07) is 0. The number of rotatable bonds is 16. The Morgan fingerprint density at radius 2 is 1.27 bits per heavy atom. The van der Waals surface area contributed by atoms with Crippen molar-refractivity contribution in [2.45, 2.75) is 84.5 Å². The van der Waals surface area contributed by atoms with E-state index in [4.69, 9.17) is 4.18 Å². The van der Waals surface area contributed by atoms with Crippen LogP contribution in [0.4, 0.5) is 0 Å². The summed E-state index contributed by atoms with van der Waals surface area (Å²) in [5, 5.41) is 0. The fraction of sp³-hybridized carbons (Fsp3) is 1.00. The predicted octanol–water partition coefficient (Wildman–Crippen LogP) is 4.55. The minimum absolute atomic E-state index is 0.110. The van der Waals surface area contributed by atoms with Crippen LogP contribution in [0, 0.1) is 0 Å². The summed E-state index contributed by atoms with van der Waals surface area (Å²) in [6.45, 7) is 5.17. The molecule has 0 saturated carbocycles. The van der Waals surface area contributed by atoms with Gasteiger partial charge in [0.2, 0.25) is 0 Å². The van der Waals surface area contributed by atoms with E-state index in [0.717, 1.165) is 13.0 Å². The third-order valence-electron chi connectivity index (χ3n) is 3.80. The molecule has 0 aromatic heterocycles. The van der Waals surface area contributed by atoms with E-state index in [2.05, 4.69) is 6.92 Å². The van der Waals surface area contributed by atoms with Gasteiger partial charge < -0.3 is 0 Å².